The summed E-state index contributed by atoms with van der Waals surface area (Å²) in [5.41, 5.74) is 1.36. The van der Waals surface area contributed by atoms with Gasteiger partial charge in [0.1, 0.15) is 12.4 Å². The second kappa shape index (κ2) is 11.8. The monoisotopic (exact) mass is 535 g/mol. The molecule has 0 aromatic heterocycles. The molecule has 1 aliphatic carbocycles. The van der Waals surface area contributed by atoms with Crippen LogP contribution < -0.4 is 20.4 Å². The Balaban J connectivity index is 1.49. The first-order valence-electron chi connectivity index (χ1n) is 13.8. The lowest BCUT2D eigenvalue weighted by Gasteiger charge is -2.32. The van der Waals surface area contributed by atoms with Crippen LogP contribution in [0.1, 0.15) is 51.4 Å². The van der Waals surface area contributed by atoms with E-state index in [1.165, 1.54) is 29.2 Å². The van der Waals surface area contributed by atoms with Crippen molar-refractivity contribution in [1.82, 2.24) is 10.2 Å². The zero-order valence-electron chi connectivity index (χ0n) is 21.9. The van der Waals surface area contributed by atoms with Gasteiger partial charge >= 0.3 is 6.03 Å². The summed E-state index contributed by atoms with van der Waals surface area (Å²) in [7, 11) is 0. The number of hydrogen-bond donors (Lipinski definition) is 2. The van der Waals surface area contributed by atoms with Gasteiger partial charge in [0.2, 0.25) is 5.91 Å². The average Bonchev–Trinajstić information content (AvgIpc) is 3.33. The molecule has 5 rings (SSSR count). The molecule has 0 radical (unpaired) electrons. The molecule has 2 N–H and O–H groups in total. The molecule has 3 aliphatic rings. The molecule has 1 saturated carbocycles. The number of carbonyl (C=O) groups is 4. The van der Waals surface area contributed by atoms with Crippen molar-refractivity contribution in [2.75, 3.05) is 34.8 Å². The summed E-state index contributed by atoms with van der Waals surface area (Å²) in [6.45, 7) is 1.05. The van der Waals surface area contributed by atoms with Crippen LogP contribution in [0.25, 0.3) is 0 Å². The highest BCUT2D eigenvalue weighted by molar-refractivity contribution is 6.22. The minimum atomic E-state index is -1.53. The lowest BCUT2D eigenvalue weighted by atomic mass is 10.0. The molecular weight excluding hydrogens is 501 g/mol. The van der Waals surface area contributed by atoms with E-state index in [0.29, 0.717) is 30.2 Å². The molecular formula is C29H34FN5O4. The molecule has 2 aromatic carbocycles. The van der Waals surface area contributed by atoms with E-state index in [0.717, 1.165) is 51.4 Å². The summed E-state index contributed by atoms with van der Waals surface area (Å²) < 4.78 is 13.3. The van der Waals surface area contributed by atoms with Crippen molar-refractivity contribution < 1.29 is 23.6 Å². The zero-order valence-corrected chi connectivity index (χ0v) is 21.9. The largest absolute Gasteiger partial charge is 0.341 e. The number of anilines is 3. The number of hydrogen-bond acceptors (Lipinski definition) is 4. The first kappa shape index (κ1) is 26.6. The average molecular weight is 536 g/mol. The predicted octanol–water partition coefficient (Wildman–Crippen LogP) is 4.04. The molecule has 10 heteroatoms. The molecule has 2 aliphatic heterocycles. The van der Waals surface area contributed by atoms with Crippen LogP contribution >= 0.6 is 0 Å². The van der Waals surface area contributed by atoms with E-state index in [4.69, 9.17) is 0 Å². The van der Waals surface area contributed by atoms with Crippen LogP contribution in [-0.4, -0.2) is 60.4 Å². The van der Waals surface area contributed by atoms with Gasteiger partial charge in [-0.25, -0.2) is 9.18 Å². The smallest absolute Gasteiger partial charge is 0.320 e. The second-order valence-electron chi connectivity index (χ2n) is 10.4. The third-order valence-electron chi connectivity index (χ3n) is 7.75. The molecule has 0 unspecified atom stereocenters. The van der Waals surface area contributed by atoms with Gasteiger partial charge in [0.05, 0.1) is 11.4 Å². The van der Waals surface area contributed by atoms with Gasteiger partial charge in [-0.1, -0.05) is 37.8 Å². The van der Waals surface area contributed by atoms with Crippen molar-refractivity contribution in [3.05, 3.63) is 54.3 Å². The fourth-order valence-corrected chi connectivity index (χ4v) is 5.75. The molecule has 0 bridgehead atoms. The molecule has 1 atom stereocenters. The van der Waals surface area contributed by atoms with Gasteiger partial charge < -0.3 is 20.4 Å². The molecule has 1 saturated heterocycles. The number of rotatable bonds is 5. The molecule has 0 spiro atoms. The minimum Gasteiger partial charge on any atom is -0.341 e. The Bertz CT molecular complexity index is 1220. The topological polar surface area (TPSA) is 102 Å². The van der Waals surface area contributed by atoms with Gasteiger partial charge in [-0.2, -0.15) is 0 Å². The van der Waals surface area contributed by atoms with Crippen LogP contribution in [0.2, 0.25) is 0 Å². The second-order valence-corrected chi connectivity index (χ2v) is 10.4. The first-order chi connectivity index (χ1) is 18.9. The van der Waals surface area contributed by atoms with E-state index in [2.05, 4.69) is 10.6 Å². The Labute approximate surface area is 227 Å². The molecule has 5 amide bonds. The fraction of sp³-hybridized carbons (Fsp3) is 0.448. The van der Waals surface area contributed by atoms with E-state index in [1.54, 1.807) is 28.0 Å². The summed E-state index contributed by atoms with van der Waals surface area (Å²) in [4.78, 5) is 59.1. The van der Waals surface area contributed by atoms with Gasteiger partial charge in [0.25, 0.3) is 11.8 Å². The number of benzene rings is 2. The third kappa shape index (κ3) is 5.89. The van der Waals surface area contributed by atoms with E-state index < -0.39 is 29.7 Å². The van der Waals surface area contributed by atoms with E-state index in [-0.39, 0.29) is 18.5 Å². The Kier molecular flexibility index (Phi) is 8.09. The standard InChI is InChI=1S/C29H34FN5O4/c30-20-13-15-21(16-14-20)31-29(39)32-26-27(37)34(19-25(36)33-17-7-8-18-33)23-11-5-6-12-24(23)35(28(26)38)22-9-3-1-2-4-10-22/h5-6,11-16,22,26H,1-4,7-10,17-19H2,(H2,31,32,39)/t26-/m0/s1. The number of carbonyl (C=O) groups excluding carboxylic acids is 4. The number of fused-ring (bicyclic) bond motifs is 1. The van der Waals surface area contributed by atoms with Crippen LogP contribution in [0.15, 0.2) is 48.5 Å². The zero-order chi connectivity index (χ0) is 27.4. The maximum absolute atomic E-state index is 14.1. The van der Waals surface area contributed by atoms with Gasteiger partial charge in [-0.3, -0.25) is 19.3 Å². The Morgan fingerprint density at radius 1 is 0.821 bits per heavy atom. The normalized spacial score (nSPS) is 20.3. The van der Waals surface area contributed by atoms with Crippen LogP contribution in [-0.2, 0) is 14.4 Å². The van der Waals surface area contributed by atoms with Gasteiger partial charge in [0, 0.05) is 24.8 Å². The maximum atomic E-state index is 14.1. The third-order valence-corrected chi connectivity index (χ3v) is 7.75. The number of nitrogens with zero attached hydrogens (tertiary/aromatic N) is 3. The Morgan fingerprint density at radius 2 is 1.46 bits per heavy atom. The molecule has 2 fully saturated rings. The fourth-order valence-electron chi connectivity index (χ4n) is 5.75. The van der Waals surface area contributed by atoms with Crippen LogP contribution in [0.5, 0.6) is 0 Å². The Morgan fingerprint density at radius 3 is 2.13 bits per heavy atom. The molecule has 2 aromatic rings. The summed E-state index contributed by atoms with van der Waals surface area (Å²) in [5.74, 6) is -1.83. The minimum absolute atomic E-state index is 0.132. The lowest BCUT2D eigenvalue weighted by molar-refractivity contribution is -0.133. The van der Waals surface area contributed by atoms with Gasteiger partial charge in [-0.05, 0) is 62.1 Å². The van der Waals surface area contributed by atoms with E-state index >= 15 is 0 Å². The number of halogens is 1. The highest BCUT2D eigenvalue weighted by Gasteiger charge is 2.44. The summed E-state index contributed by atoms with van der Waals surface area (Å²) in [6.07, 6.45) is 7.49. The van der Waals surface area contributed by atoms with Crippen LogP contribution in [0.3, 0.4) is 0 Å². The first-order valence-corrected chi connectivity index (χ1v) is 13.8. The summed E-state index contributed by atoms with van der Waals surface area (Å²) in [5, 5.41) is 5.13. The van der Waals surface area contributed by atoms with Crippen molar-refractivity contribution in [1.29, 1.82) is 0 Å². The van der Waals surface area contributed by atoms with Crippen molar-refractivity contribution in [2.45, 2.75) is 63.5 Å². The summed E-state index contributed by atoms with van der Waals surface area (Å²) in [6, 6.07) is 9.90. The predicted molar refractivity (Wildman–Crippen MR) is 146 cm³/mol. The quantitative estimate of drug-likeness (QED) is 0.446. The van der Waals surface area contributed by atoms with Crippen molar-refractivity contribution in [2.24, 2.45) is 0 Å². The van der Waals surface area contributed by atoms with Crippen LogP contribution in [0, 0.1) is 5.82 Å². The molecule has 39 heavy (non-hydrogen) atoms. The van der Waals surface area contributed by atoms with E-state index in [9.17, 15) is 23.6 Å². The Hall–Kier alpha value is -3.95. The number of urea groups is 1. The highest BCUT2D eigenvalue weighted by atomic mass is 19.1. The van der Waals surface area contributed by atoms with Gasteiger partial charge in [-0.15, -0.1) is 0 Å². The number of amides is 5. The van der Waals surface area contributed by atoms with Crippen molar-refractivity contribution in [3.8, 4) is 0 Å². The van der Waals surface area contributed by atoms with Gasteiger partial charge in [0.15, 0.2) is 6.04 Å². The van der Waals surface area contributed by atoms with Crippen LogP contribution in [0.4, 0.5) is 26.2 Å². The molecule has 206 valence electrons. The molecule has 2 heterocycles. The SMILES string of the molecule is O=C(Nc1ccc(F)cc1)N[C@H]1C(=O)N(CC(=O)N2CCCC2)c2ccccc2N(C2CCCCCC2)C1=O. The van der Waals surface area contributed by atoms with Crippen molar-refractivity contribution >= 4 is 40.8 Å². The maximum Gasteiger partial charge on any atom is 0.320 e. The molecule has 9 nitrogen and oxygen atoms in total. The lowest BCUT2D eigenvalue weighted by Crippen LogP contribution is -2.58. The number of para-hydroxylation sites is 2. The highest BCUT2D eigenvalue weighted by Crippen LogP contribution is 2.37. The van der Waals surface area contributed by atoms with Crippen molar-refractivity contribution in [3.63, 3.8) is 0 Å². The number of likely N-dealkylation sites (tertiary alicyclic amines) is 1. The summed E-state index contributed by atoms with van der Waals surface area (Å²) >= 11 is 0. The van der Waals surface area contributed by atoms with E-state index in [1.807, 2.05) is 6.07 Å². The number of nitrogens with one attached hydrogen (secondary N) is 2.